The monoisotopic (exact) mass is 240 g/mol. The van der Waals surface area contributed by atoms with Gasteiger partial charge in [0, 0.05) is 17.3 Å². The van der Waals surface area contributed by atoms with Crippen LogP contribution in [0.4, 0.5) is 0 Å². The van der Waals surface area contributed by atoms with Gasteiger partial charge in [0.05, 0.1) is 19.8 Å². The van der Waals surface area contributed by atoms with Crippen LogP contribution in [-0.4, -0.2) is 32.2 Å². The van der Waals surface area contributed by atoms with Crippen molar-refractivity contribution in [2.24, 2.45) is 0 Å². The van der Waals surface area contributed by atoms with Crippen LogP contribution in [0.15, 0.2) is 35.2 Å². The van der Waals surface area contributed by atoms with E-state index in [1.54, 1.807) is 0 Å². The smallest absolute Gasteiger partial charge is 0.0700 e. The maximum absolute atomic E-state index is 5.46. The van der Waals surface area contributed by atoms with Crippen molar-refractivity contribution in [3.8, 4) is 0 Å². The van der Waals surface area contributed by atoms with E-state index in [1.807, 2.05) is 17.8 Å². The first-order valence-corrected chi connectivity index (χ1v) is 6.75. The lowest BCUT2D eigenvalue weighted by Crippen LogP contribution is -2.06. The lowest BCUT2D eigenvalue weighted by Gasteiger charge is -2.04. The Hall–Kier alpha value is -0.510. The van der Waals surface area contributed by atoms with Gasteiger partial charge in [-0.1, -0.05) is 25.1 Å². The van der Waals surface area contributed by atoms with Crippen molar-refractivity contribution in [3.63, 3.8) is 0 Å². The third-order valence-electron chi connectivity index (χ3n) is 1.96. The van der Waals surface area contributed by atoms with Crippen molar-refractivity contribution in [1.82, 2.24) is 0 Å². The zero-order chi connectivity index (χ0) is 11.5. The number of ether oxygens (including phenoxy) is 2. The van der Waals surface area contributed by atoms with E-state index in [0.717, 1.165) is 25.4 Å². The van der Waals surface area contributed by atoms with Gasteiger partial charge in [0.2, 0.25) is 0 Å². The number of thioether (sulfide) groups is 1. The molecule has 0 radical (unpaired) electrons. The molecule has 0 fully saturated rings. The van der Waals surface area contributed by atoms with Gasteiger partial charge < -0.3 is 9.47 Å². The molecule has 0 unspecified atom stereocenters. The van der Waals surface area contributed by atoms with Crippen molar-refractivity contribution < 1.29 is 9.47 Å². The van der Waals surface area contributed by atoms with Crippen molar-refractivity contribution in [1.29, 1.82) is 0 Å². The second-order valence-electron chi connectivity index (χ2n) is 3.39. The van der Waals surface area contributed by atoms with Crippen LogP contribution >= 0.6 is 11.8 Å². The highest BCUT2D eigenvalue weighted by Gasteiger charge is 1.93. The number of hydrogen-bond acceptors (Lipinski definition) is 3. The molecule has 0 N–H and O–H groups in total. The van der Waals surface area contributed by atoms with Gasteiger partial charge in [-0.25, -0.2) is 0 Å². The predicted molar refractivity (Wildman–Crippen MR) is 69.1 cm³/mol. The van der Waals surface area contributed by atoms with Crippen LogP contribution in [0.2, 0.25) is 0 Å². The molecule has 0 bridgehead atoms. The highest BCUT2D eigenvalue weighted by atomic mass is 32.2. The zero-order valence-corrected chi connectivity index (χ0v) is 10.7. The Balaban J connectivity index is 1.89. The maximum atomic E-state index is 5.46. The summed E-state index contributed by atoms with van der Waals surface area (Å²) in [6.45, 7) is 5.15. The Bertz CT molecular complexity index is 251. The molecule has 1 aromatic rings. The van der Waals surface area contributed by atoms with E-state index in [9.17, 15) is 0 Å². The molecule has 0 aliphatic heterocycles. The first-order valence-electron chi connectivity index (χ1n) is 5.77. The number of hydrogen-bond donors (Lipinski definition) is 0. The summed E-state index contributed by atoms with van der Waals surface area (Å²) >= 11 is 1.82. The normalized spacial score (nSPS) is 10.6. The number of benzene rings is 1. The average molecular weight is 240 g/mol. The van der Waals surface area contributed by atoms with E-state index in [2.05, 4.69) is 31.2 Å². The standard InChI is InChI=1S/C13H20O2S/c1-2-8-14-9-10-15-11-12-16-13-6-4-3-5-7-13/h3-7H,2,8-12H2,1H3. The summed E-state index contributed by atoms with van der Waals surface area (Å²) in [7, 11) is 0. The summed E-state index contributed by atoms with van der Waals surface area (Å²) < 4.78 is 10.8. The second-order valence-corrected chi connectivity index (χ2v) is 4.55. The molecule has 2 nitrogen and oxygen atoms in total. The largest absolute Gasteiger partial charge is 0.379 e. The highest BCUT2D eigenvalue weighted by molar-refractivity contribution is 7.99. The first-order chi connectivity index (χ1) is 7.93. The SMILES string of the molecule is CCCOCCOCCSc1ccccc1. The van der Waals surface area contributed by atoms with Crippen LogP contribution in [-0.2, 0) is 9.47 Å². The lowest BCUT2D eigenvalue weighted by molar-refractivity contribution is 0.0541. The first kappa shape index (κ1) is 13.6. The lowest BCUT2D eigenvalue weighted by atomic mass is 10.4. The summed E-state index contributed by atoms with van der Waals surface area (Å²) in [6.07, 6.45) is 1.07. The molecule has 1 rings (SSSR count). The molecule has 0 heterocycles. The van der Waals surface area contributed by atoms with E-state index >= 15 is 0 Å². The molecule has 0 atom stereocenters. The predicted octanol–water partition coefficient (Wildman–Crippen LogP) is 3.22. The van der Waals surface area contributed by atoms with E-state index in [0.29, 0.717) is 13.2 Å². The summed E-state index contributed by atoms with van der Waals surface area (Å²) in [4.78, 5) is 1.30. The molecule has 0 aliphatic carbocycles. The molecule has 0 aliphatic rings. The Labute approximate surface area is 102 Å². The molecule has 0 saturated carbocycles. The summed E-state index contributed by atoms with van der Waals surface area (Å²) in [6, 6.07) is 10.4. The van der Waals surface area contributed by atoms with Crippen LogP contribution in [0.1, 0.15) is 13.3 Å². The van der Waals surface area contributed by atoms with E-state index in [4.69, 9.17) is 9.47 Å². The van der Waals surface area contributed by atoms with Gasteiger partial charge in [-0.3, -0.25) is 0 Å². The Morgan fingerprint density at radius 1 is 0.938 bits per heavy atom. The quantitative estimate of drug-likeness (QED) is 0.488. The number of rotatable bonds is 9. The van der Waals surface area contributed by atoms with Gasteiger partial charge in [0.15, 0.2) is 0 Å². The van der Waals surface area contributed by atoms with Crippen molar-refractivity contribution >= 4 is 11.8 Å². The van der Waals surface area contributed by atoms with Gasteiger partial charge >= 0.3 is 0 Å². The molecule has 0 spiro atoms. The zero-order valence-electron chi connectivity index (χ0n) is 9.85. The third kappa shape index (κ3) is 6.88. The molecule has 0 aromatic heterocycles. The van der Waals surface area contributed by atoms with E-state index in [1.165, 1.54) is 4.90 Å². The Morgan fingerprint density at radius 3 is 2.31 bits per heavy atom. The van der Waals surface area contributed by atoms with Crippen LogP contribution in [0, 0.1) is 0 Å². The van der Waals surface area contributed by atoms with E-state index < -0.39 is 0 Å². The maximum Gasteiger partial charge on any atom is 0.0700 e. The molecule has 90 valence electrons. The molecule has 16 heavy (non-hydrogen) atoms. The van der Waals surface area contributed by atoms with Crippen molar-refractivity contribution in [3.05, 3.63) is 30.3 Å². The van der Waals surface area contributed by atoms with Crippen LogP contribution < -0.4 is 0 Å². The topological polar surface area (TPSA) is 18.5 Å². The highest BCUT2D eigenvalue weighted by Crippen LogP contribution is 2.16. The average Bonchev–Trinajstić information content (AvgIpc) is 2.34. The van der Waals surface area contributed by atoms with Gasteiger partial charge in [-0.15, -0.1) is 11.8 Å². The fraction of sp³-hybridized carbons (Fsp3) is 0.538. The van der Waals surface area contributed by atoms with Crippen LogP contribution in [0.25, 0.3) is 0 Å². The van der Waals surface area contributed by atoms with Gasteiger partial charge in [-0.05, 0) is 18.6 Å². The molecular formula is C13H20O2S. The molecule has 0 saturated heterocycles. The van der Waals surface area contributed by atoms with Crippen molar-refractivity contribution in [2.45, 2.75) is 18.2 Å². The van der Waals surface area contributed by atoms with Crippen molar-refractivity contribution in [2.75, 3.05) is 32.2 Å². The van der Waals surface area contributed by atoms with Gasteiger partial charge in [0.1, 0.15) is 0 Å². The molecule has 0 amide bonds. The Morgan fingerprint density at radius 2 is 1.62 bits per heavy atom. The summed E-state index contributed by atoms with van der Waals surface area (Å²) in [5.74, 6) is 0.998. The van der Waals surface area contributed by atoms with Crippen LogP contribution in [0.3, 0.4) is 0 Å². The van der Waals surface area contributed by atoms with Gasteiger partial charge in [0.25, 0.3) is 0 Å². The summed E-state index contributed by atoms with van der Waals surface area (Å²) in [5.41, 5.74) is 0. The molecule has 3 heteroatoms. The molecular weight excluding hydrogens is 220 g/mol. The minimum absolute atomic E-state index is 0.704. The second kappa shape index (κ2) is 9.70. The molecule has 1 aromatic carbocycles. The third-order valence-corrected chi connectivity index (χ3v) is 2.94. The minimum atomic E-state index is 0.704. The Kier molecular flexibility index (Phi) is 8.22. The fourth-order valence-corrected chi connectivity index (χ4v) is 1.99. The summed E-state index contributed by atoms with van der Waals surface area (Å²) in [5, 5.41) is 0. The van der Waals surface area contributed by atoms with E-state index in [-0.39, 0.29) is 0 Å². The minimum Gasteiger partial charge on any atom is -0.379 e. The van der Waals surface area contributed by atoms with Crippen LogP contribution in [0.5, 0.6) is 0 Å². The van der Waals surface area contributed by atoms with Gasteiger partial charge in [-0.2, -0.15) is 0 Å². The fourth-order valence-electron chi connectivity index (χ4n) is 1.20.